The number of ether oxygens (including phenoxy) is 1. The Labute approximate surface area is 119 Å². The number of benzene rings is 1. The zero-order valence-corrected chi connectivity index (χ0v) is 12.2. The van der Waals surface area contributed by atoms with Crippen molar-refractivity contribution < 1.29 is 4.74 Å². The van der Waals surface area contributed by atoms with E-state index >= 15 is 0 Å². The molecule has 0 saturated carbocycles. The van der Waals surface area contributed by atoms with Gasteiger partial charge in [-0.05, 0) is 42.2 Å². The summed E-state index contributed by atoms with van der Waals surface area (Å²) in [6.07, 6.45) is 0. The number of aryl methyl sites for hydroxylation is 1. The molecule has 19 heavy (non-hydrogen) atoms. The molecule has 2 rings (SSSR count). The molecule has 0 spiro atoms. The zero-order chi connectivity index (χ0) is 13.8. The Morgan fingerprint density at radius 2 is 2.00 bits per heavy atom. The van der Waals surface area contributed by atoms with Crippen LogP contribution in [0.2, 0.25) is 0 Å². The van der Waals surface area contributed by atoms with Gasteiger partial charge in [0.05, 0.1) is 0 Å². The normalized spacial score (nSPS) is 10.8. The van der Waals surface area contributed by atoms with Crippen LogP contribution in [0.15, 0.2) is 36.4 Å². The third kappa shape index (κ3) is 3.71. The van der Waals surface area contributed by atoms with Crippen molar-refractivity contribution in [2.75, 3.05) is 0 Å². The topological polar surface area (TPSA) is 22.1 Å². The van der Waals surface area contributed by atoms with Crippen molar-refractivity contribution in [2.45, 2.75) is 32.6 Å². The number of aromatic nitrogens is 1. The molecule has 0 saturated heterocycles. The summed E-state index contributed by atoms with van der Waals surface area (Å²) in [5.41, 5.74) is 3.18. The summed E-state index contributed by atoms with van der Waals surface area (Å²) in [5, 5.41) is 0. The number of rotatable bonds is 4. The quantitative estimate of drug-likeness (QED) is 0.729. The number of pyridine rings is 1. The van der Waals surface area contributed by atoms with Gasteiger partial charge in [-0.2, -0.15) is 0 Å². The van der Waals surface area contributed by atoms with Gasteiger partial charge in [0.2, 0.25) is 5.88 Å². The van der Waals surface area contributed by atoms with Crippen LogP contribution in [0.4, 0.5) is 0 Å². The molecule has 0 radical (unpaired) electrons. The minimum absolute atomic E-state index is 0.464. The molecule has 2 aromatic rings. The van der Waals surface area contributed by atoms with E-state index in [9.17, 15) is 0 Å². The fourth-order valence-corrected chi connectivity index (χ4v) is 2.05. The lowest BCUT2D eigenvalue weighted by Crippen LogP contribution is -1.94. The van der Waals surface area contributed by atoms with Crippen LogP contribution in [0.5, 0.6) is 11.6 Å². The molecule has 100 valence electrons. The maximum absolute atomic E-state index is 5.86. The molecule has 1 heterocycles. The van der Waals surface area contributed by atoms with Crippen molar-refractivity contribution in [3.63, 3.8) is 0 Å². The predicted octanol–water partition coefficient (Wildman–Crippen LogP) is 5.04. The molecule has 0 fully saturated rings. The molecule has 0 N–H and O–H groups in total. The molecular formula is C16H18ClNO. The van der Waals surface area contributed by atoms with E-state index in [1.165, 1.54) is 5.56 Å². The van der Waals surface area contributed by atoms with Gasteiger partial charge in [0, 0.05) is 17.6 Å². The average Bonchev–Trinajstić information content (AvgIpc) is 2.38. The third-order valence-electron chi connectivity index (χ3n) is 2.89. The van der Waals surface area contributed by atoms with Crippen molar-refractivity contribution in [1.82, 2.24) is 4.98 Å². The fourth-order valence-electron chi connectivity index (χ4n) is 1.89. The van der Waals surface area contributed by atoms with Gasteiger partial charge in [-0.1, -0.05) is 26.0 Å². The lowest BCUT2D eigenvalue weighted by Gasteiger charge is -2.10. The molecule has 0 aliphatic carbocycles. The first kappa shape index (κ1) is 13.9. The molecule has 1 aromatic heterocycles. The van der Waals surface area contributed by atoms with Crippen molar-refractivity contribution in [1.29, 1.82) is 0 Å². The number of halogens is 1. The van der Waals surface area contributed by atoms with Crippen LogP contribution < -0.4 is 4.74 Å². The standard InChI is InChI=1S/C16H18ClNO/c1-11(2)14-5-4-6-15(9-14)19-16-8-13(10-17)7-12(3)18-16/h4-9,11H,10H2,1-3H3. The minimum Gasteiger partial charge on any atom is -0.439 e. The Bertz CT molecular complexity index is 566. The smallest absolute Gasteiger partial charge is 0.219 e. The summed E-state index contributed by atoms with van der Waals surface area (Å²) in [5.74, 6) is 2.35. The molecule has 0 atom stereocenters. The number of hydrogen-bond donors (Lipinski definition) is 0. The first-order chi connectivity index (χ1) is 9.08. The lowest BCUT2D eigenvalue weighted by atomic mass is 10.0. The van der Waals surface area contributed by atoms with Crippen LogP contribution in [0, 0.1) is 6.92 Å². The Kier molecular flexibility index (Phi) is 4.43. The van der Waals surface area contributed by atoms with E-state index in [4.69, 9.17) is 16.3 Å². The van der Waals surface area contributed by atoms with Crippen LogP contribution in [-0.2, 0) is 5.88 Å². The Morgan fingerprint density at radius 3 is 2.68 bits per heavy atom. The second-order valence-corrected chi connectivity index (χ2v) is 5.19. The van der Waals surface area contributed by atoms with Crippen LogP contribution in [0.3, 0.4) is 0 Å². The van der Waals surface area contributed by atoms with Gasteiger partial charge in [-0.3, -0.25) is 0 Å². The van der Waals surface area contributed by atoms with E-state index in [1.807, 2.05) is 31.2 Å². The van der Waals surface area contributed by atoms with Crippen LogP contribution in [0.25, 0.3) is 0 Å². The van der Waals surface area contributed by atoms with E-state index < -0.39 is 0 Å². The van der Waals surface area contributed by atoms with Crippen molar-refractivity contribution in [3.8, 4) is 11.6 Å². The molecular weight excluding hydrogens is 258 g/mol. The summed E-state index contributed by atoms with van der Waals surface area (Å²) < 4.78 is 5.82. The average molecular weight is 276 g/mol. The minimum atomic E-state index is 0.464. The van der Waals surface area contributed by atoms with Crippen molar-refractivity contribution >= 4 is 11.6 Å². The first-order valence-electron chi connectivity index (χ1n) is 6.40. The highest BCUT2D eigenvalue weighted by atomic mass is 35.5. The van der Waals surface area contributed by atoms with E-state index in [-0.39, 0.29) is 0 Å². The van der Waals surface area contributed by atoms with Gasteiger partial charge in [-0.15, -0.1) is 11.6 Å². The number of alkyl halides is 1. The van der Waals surface area contributed by atoms with Crippen LogP contribution >= 0.6 is 11.6 Å². The van der Waals surface area contributed by atoms with E-state index in [0.29, 0.717) is 17.7 Å². The van der Waals surface area contributed by atoms with Gasteiger partial charge in [0.1, 0.15) is 5.75 Å². The fraction of sp³-hybridized carbons (Fsp3) is 0.312. The SMILES string of the molecule is Cc1cc(CCl)cc(Oc2cccc(C(C)C)c2)n1. The monoisotopic (exact) mass is 275 g/mol. The molecule has 0 bridgehead atoms. The Balaban J connectivity index is 2.25. The largest absolute Gasteiger partial charge is 0.439 e. The van der Waals surface area contributed by atoms with Crippen molar-refractivity contribution in [2.24, 2.45) is 0 Å². The maximum Gasteiger partial charge on any atom is 0.219 e. The predicted molar refractivity (Wildman–Crippen MR) is 79.1 cm³/mol. The summed E-state index contributed by atoms with van der Waals surface area (Å²) >= 11 is 5.86. The van der Waals surface area contributed by atoms with Gasteiger partial charge < -0.3 is 4.74 Å². The Hall–Kier alpha value is -1.54. The molecule has 0 aliphatic rings. The van der Waals surface area contributed by atoms with Crippen LogP contribution in [0.1, 0.15) is 36.6 Å². The highest BCUT2D eigenvalue weighted by Crippen LogP contribution is 2.25. The summed E-state index contributed by atoms with van der Waals surface area (Å²) in [6.45, 7) is 6.26. The van der Waals surface area contributed by atoms with Gasteiger partial charge in [-0.25, -0.2) is 4.98 Å². The third-order valence-corrected chi connectivity index (χ3v) is 3.20. The highest BCUT2D eigenvalue weighted by Gasteiger charge is 2.05. The molecule has 3 heteroatoms. The zero-order valence-electron chi connectivity index (χ0n) is 11.5. The highest BCUT2D eigenvalue weighted by molar-refractivity contribution is 6.17. The number of nitrogens with zero attached hydrogens (tertiary/aromatic N) is 1. The number of hydrogen-bond acceptors (Lipinski definition) is 2. The maximum atomic E-state index is 5.86. The van der Waals surface area contributed by atoms with Crippen LogP contribution in [-0.4, -0.2) is 4.98 Å². The summed E-state index contributed by atoms with van der Waals surface area (Å²) in [7, 11) is 0. The first-order valence-corrected chi connectivity index (χ1v) is 6.93. The van der Waals surface area contributed by atoms with Gasteiger partial charge >= 0.3 is 0 Å². The van der Waals surface area contributed by atoms with Crippen molar-refractivity contribution in [3.05, 3.63) is 53.2 Å². The second kappa shape index (κ2) is 6.07. The van der Waals surface area contributed by atoms with Gasteiger partial charge in [0.25, 0.3) is 0 Å². The second-order valence-electron chi connectivity index (χ2n) is 4.92. The van der Waals surface area contributed by atoms with Gasteiger partial charge in [0.15, 0.2) is 0 Å². The lowest BCUT2D eigenvalue weighted by molar-refractivity contribution is 0.460. The summed E-state index contributed by atoms with van der Waals surface area (Å²) in [6, 6.07) is 11.9. The molecule has 1 aromatic carbocycles. The van der Waals surface area contributed by atoms with E-state index in [0.717, 1.165) is 17.0 Å². The molecule has 0 amide bonds. The Morgan fingerprint density at radius 1 is 1.21 bits per heavy atom. The van der Waals surface area contributed by atoms with E-state index in [2.05, 4.69) is 31.0 Å². The summed E-state index contributed by atoms with van der Waals surface area (Å²) in [4.78, 5) is 4.37. The van der Waals surface area contributed by atoms with E-state index in [1.54, 1.807) is 0 Å². The molecule has 0 unspecified atom stereocenters. The molecule has 0 aliphatic heterocycles. The molecule has 2 nitrogen and oxygen atoms in total.